The van der Waals surface area contributed by atoms with Crippen LogP contribution in [0.15, 0.2) is 249 Å². The Kier molecular flexibility index (Phi) is 8.18. The average Bonchev–Trinajstić information content (AvgIpc) is 3.37. The second-order valence-corrected chi connectivity index (χ2v) is 15.4. The van der Waals surface area contributed by atoms with Crippen LogP contribution in [0.5, 0.6) is 0 Å². The molecule has 0 fully saturated rings. The van der Waals surface area contributed by atoms with Crippen molar-refractivity contribution in [1.29, 1.82) is 0 Å². The molecule has 0 bridgehead atoms. The van der Waals surface area contributed by atoms with Gasteiger partial charge in [0.05, 0.1) is 5.48 Å². The Bertz CT molecular complexity index is 3540. The summed E-state index contributed by atoms with van der Waals surface area (Å²) in [5.41, 5.74) is 11.0. The molecule has 11 aromatic carbocycles. The molecule has 0 saturated carbocycles. The van der Waals surface area contributed by atoms with Crippen molar-refractivity contribution in [2.75, 3.05) is 4.90 Å². The molecule has 0 radical (unpaired) electrons. The van der Waals surface area contributed by atoms with Gasteiger partial charge in [0.25, 0.3) is 0 Å². The third kappa shape index (κ3) is 6.83. The Labute approximate surface area is 362 Å². The zero-order valence-electron chi connectivity index (χ0n) is 37.3. The normalized spacial score (nSPS) is 12.2. The van der Waals surface area contributed by atoms with E-state index in [4.69, 9.17) is 0 Å². The van der Waals surface area contributed by atoms with Crippen LogP contribution >= 0.6 is 0 Å². The number of hydrogen-bond acceptors (Lipinski definition) is 1. The lowest BCUT2D eigenvalue weighted by molar-refractivity contribution is 1.28. The van der Waals surface area contributed by atoms with Crippen molar-refractivity contribution in [3.8, 4) is 55.6 Å². The molecule has 1 heteroatoms. The summed E-state index contributed by atoms with van der Waals surface area (Å²) in [6.07, 6.45) is 0. The van der Waals surface area contributed by atoms with Crippen LogP contribution in [0.2, 0.25) is 0 Å². The van der Waals surface area contributed by atoms with Gasteiger partial charge in [-0.15, -0.1) is 0 Å². The van der Waals surface area contributed by atoms with E-state index in [1.165, 1.54) is 10.8 Å². The number of hydrogen-bond donors (Lipinski definition) is 0. The first-order chi connectivity index (χ1) is 31.9. The first kappa shape index (κ1) is 31.9. The van der Waals surface area contributed by atoms with E-state index < -0.39 is 0 Å². The quantitative estimate of drug-likeness (QED) is 0.139. The summed E-state index contributed by atoms with van der Waals surface area (Å²) in [6.45, 7) is 0. The first-order valence-electron chi connectivity index (χ1n) is 22.7. The fourth-order valence-electron chi connectivity index (χ4n) is 8.76. The Morgan fingerprint density at radius 2 is 0.770 bits per heavy atom. The first-order valence-corrected chi connectivity index (χ1v) is 20.7. The van der Waals surface area contributed by atoms with Gasteiger partial charge in [-0.1, -0.05) is 200 Å². The summed E-state index contributed by atoms with van der Waals surface area (Å²) >= 11 is 0. The highest BCUT2D eigenvalue weighted by molar-refractivity contribution is 6.14. The smallest absolute Gasteiger partial charge is 0.0645 e. The van der Waals surface area contributed by atoms with Crippen LogP contribution in [0.1, 0.15) is 5.48 Å². The zero-order chi connectivity index (χ0) is 44.0. The van der Waals surface area contributed by atoms with Crippen molar-refractivity contribution in [2.24, 2.45) is 0 Å². The van der Waals surface area contributed by atoms with Gasteiger partial charge in [0.1, 0.15) is 0 Å². The van der Waals surface area contributed by atoms with Crippen LogP contribution in [0.4, 0.5) is 17.1 Å². The summed E-state index contributed by atoms with van der Waals surface area (Å²) in [6, 6.07) is 76.2. The zero-order valence-corrected chi connectivity index (χ0v) is 33.3. The minimum Gasteiger partial charge on any atom is -0.311 e. The van der Waals surface area contributed by atoms with E-state index in [9.17, 15) is 5.48 Å². The predicted octanol–water partition coefficient (Wildman–Crippen LogP) is 17.0. The Hall–Kier alpha value is -8.00. The van der Waals surface area contributed by atoms with Crippen molar-refractivity contribution in [2.45, 2.75) is 0 Å². The van der Waals surface area contributed by atoms with Crippen LogP contribution < -0.4 is 4.90 Å². The lowest BCUT2D eigenvalue weighted by atomic mass is 9.89. The number of nitrogens with zero attached hydrogens (tertiary/aromatic N) is 1. The molecule has 0 aromatic heterocycles. The fraction of sp³-hybridized carbons (Fsp3) is 0. The summed E-state index contributed by atoms with van der Waals surface area (Å²) in [5.74, 6) is 0. The molecule has 0 spiro atoms. The molecular weight excluding hydrogens is 735 g/mol. The second-order valence-electron chi connectivity index (χ2n) is 15.4. The third-order valence-electron chi connectivity index (χ3n) is 11.7. The highest BCUT2D eigenvalue weighted by Gasteiger charge is 2.17. The lowest BCUT2D eigenvalue weighted by Gasteiger charge is -2.26. The molecule has 1 nitrogen and oxygen atoms in total. The van der Waals surface area contributed by atoms with Crippen LogP contribution in [0, 0.1) is 0 Å². The molecule has 11 aromatic rings. The van der Waals surface area contributed by atoms with Crippen LogP contribution in [0.25, 0.3) is 88.0 Å². The number of fused-ring (bicyclic) bond motifs is 4. The van der Waals surface area contributed by atoms with Crippen molar-refractivity contribution in [1.82, 2.24) is 0 Å². The van der Waals surface area contributed by atoms with E-state index >= 15 is 0 Å². The highest BCUT2D eigenvalue weighted by Crippen LogP contribution is 2.42. The van der Waals surface area contributed by atoms with Gasteiger partial charge in [0.15, 0.2) is 0 Å². The standard InChI is InChI=1S/C60H41N/c1-3-14-42(15-4-1)48-20-13-21-49(40-48)43-26-33-51(34-27-43)61(52-35-28-46(29-36-52)59-41-50-19-8-9-22-54(50)57-24-11-12-25-58(57)59)53-37-30-47(31-38-53)60-55-23-10-7-18-45(55)32-39-56(60)44-16-5-2-6-17-44/h1-41H/i26D,27D,33D,34D. The van der Waals surface area contributed by atoms with Crippen molar-refractivity contribution in [3.05, 3.63) is 249 Å². The maximum absolute atomic E-state index is 9.67. The monoisotopic (exact) mass is 779 g/mol. The summed E-state index contributed by atoms with van der Waals surface area (Å²) in [4.78, 5) is 1.87. The minimum absolute atomic E-state index is 0.102. The molecule has 286 valence electrons. The molecule has 0 aliphatic heterocycles. The molecule has 0 saturated heterocycles. The number of rotatable bonds is 8. The van der Waals surface area contributed by atoms with E-state index in [-0.39, 0.29) is 35.4 Å². The maximum atomic E-state index is 9.67. The van der Waals surface area contributed by atoms with Crippen molar-refractivity contribution < 1.29 is 5.48 Å². The molecule has 0 amide bonds. The van der Waals surface area contributed by atoms with Gasteiger partial charge in [0.2, 0.25) is 0 Å². The van der Waals surface area contributed by atoms with E-state index in [0.717, 1.165) is 66.1 Å². The van der Waals surface area contributed by atoms with Crippen molar-refractivity contribution in [3.63, 3.8) is 0 Å². The average molecular weight is 780 g/mol. The molecule has 0 N–H and O–H groups in total. The van der Waals surface area contributed by atoms with Crippen LogP contribution in [-0.4, -0.2) is 0 Å². The Morgan fingerprint density at radius 3 is 1.46 bits per heavy atom. The maximum Gasteiger partial charge on any atom is 0.0645 e. The molecule has 61 heavy (non-hydrogen) atoms. The fourth-order valence-corrected chi connectivity index (χ4v) is 8.76. The largest absolute Gasteiger partial charge is 0.311 e. The van der Waals surface area contributed by atoms with E-state index in [1.807, 2.05) is 89.8 Å². The minimum atomic E-state index is -0.125. The highest BCUT2D eigenvalue weighted by atomic mass is 15.1. The Morgan fingerprint density at radius 1 is 0.262 bits per heavy atom. The Balaban J connectivity index is 1.08. The van der Waals surface area contributed by atoms with E-state index in [2.05, 4.69) is 140 Å². The summed E-state index contributed by atoms with van der Waals surface area (Å²) in [5, 5.41) is 6.99. The topological polar surface area (TPSA) is 3.24 Å². The third-order valence-corrected chi connectivity index (χ3v) is 11.7. The van der Waals surface area contributed by atoms with Gasteiger partial charge < -0.3 is 4.90 Å². The summed E-state index contributed by atoms with van der Waals surface area (Å²) in [7, 11) is 0. The van der Waals surface area contributed by atoms with E-state index in [0.29, 0.717) is 16.9 Å². The van der Waals surface area contributed by atoms with Crippen LogP contribution in [0.3, 0.4) is 0 Å². The van der Waals surface area contributed by atoms with E-state index in [1.54, 1.807) is 0 Å². The SMILES string of the molecule is [2H]c1c([2H])c(N(c2ccc(-c3c(-c4ccccc4)ccc4ccccc34)cc2)c2ccc(-c3cc4ccccc4c4ccccc34)cc2)c([2H])c([2H])c1-c1cccc(-c2ccccc2)c1. The molecule has 0 aliphatic rings. The van der Waals surface area contributed by atoms with Gasteiger partial charge in [0, 0.05) is 17.1 Å². The van der Waals surface area contributed by atoms with Gasteiger partial charge >= 0.3 is 0 Å². The van der Waals surface area contributed by atoms with Gasteiger partial charge in [-0.25, -0.2) is 0 Å². The second kappa shape index (κ2) is 15.6. The summed E-state index contributed by atoms with van der Waals surface area (Å²) < 4.78 is 38.4. The van der Waals surface area contributed by atoms with Crippen molar-refractivity contribution >= 4 is 49.4 Å². The molecule has 11 rings (SSSR count). The number of anilines is 3. The van der Waals surface area contributed by atoms with Gasteiger partial charge in [-0.05, 0) is 136 Å². The number of benzene rings is 11. The molecular formula is C60H41N. The van der Waals surface area contributed by atoms with Crippen LogP contribution in [-0.2, 0) is 0 Å². The van der Waals surface area contributed by atoms with Gasteiger partial charge in [-0.3, -0.25) is 0 Å². The molecule has 0 aliphatic carbocycles. The molecule has 0 unspecified atom stereocenters. The molecule has 0 atom stereocenters. The predicted molar refractivity (Wildman–Crippen MR) is 261 cm³/mol. The van der Waals surface area contributed by atoms with Gasteiger partial charge in [-0.2, -0.15) is 0 Å². The molecule has 0 heterocycles. The lowest BCUT2D eigenvalue weighted by Crippen LogP contribution is -2.09.